The van der Waals surface area contributed by atoms with Gasteiger partial charge in [-0.15, -0.1) is 0 Å². The smallest absolute Gasteiger partial charge is 0.119 e. The van der Waals surface area contributed by atoms with Crippen LogP contribution in [0.3, 0.4) is 0 Å². The van der Waals surface area contributed by atoms with Gasteiger partial charge in [0, 0.05) is 37.1 Å². The second kappa shape index (κ2) is 7.96. The molecule has 0 saturated carbocycles. The van der Waals surface area contributed by atoms with Crippen LogP contribution >= 0.6 is 0 Å². The summed E-state index contributed by atoms with van der Waals surface area (Å²) < 4.78 is 7.40. The molecule has 0 spiro atoms. The number of H-pyrrole nitrogens is 1. The predicted octanol–water partition coefficient (Wildman–Crippen LogP) is 3.55. The highest BCUT2D eigenvalue weighted by Crippen LogP contribution is 2.30. The minimum Gasteiger partial charge on any atom is -0.497 e. The van der Waals surface area contributed by atoms with Gasteiger partial charge in [-0.05, 0) is 61.2 Å². The van der Waals surface area contributed by atoms with Gasteiger partial charge >= 0.3 is 0 Å². The minimum atomic E-state index is 0.523. The number of hydrogen-bond donors (Lipinski definition) is 1. The Labute approximate surface area is 160 Å². The largest absolute Gasteiger partial charge is 0.497 e. The molecule has 0 bridgehead atoms. The van der Waals surface area contributed by atoms with Crippen LogP contribution in [0.5, 0.6) is 5.75 Å². The molecule has 0 radical (unpaired) electrons. The summed E-state index contributed by atoms with van der Waals surface area (Å²) in [4.78, 5) is 2.54. The minimum absolute atomic E-state index is 0.523. The quantitative estimate of drug-likeness (QED) is 0.726. The Morgan fingerprint density at radius 2 is 2.22 bits per heavy atom. The number of methoxy groups -OCH3 is 1. The highest BCUT2D eigenvalue weighted by molar-refractivity contribution is 5.45. The van der Waals surface area contributed by atoms with Crippen molar-refractivity contribution in [3.63, 3.8) is 0 Å². The summed E-state index contributed by atoms with van der Waals surface area (Å²) in [5.41, 5.74) is 5.01. The van der Waals surface area contributed by atoms with Crippen LogP contribution in [-0.2, 0) is 13.0 Å². The summed E-state index contributed by atoms with van der Waals surface area (Å²) in [7, 11) is 1.72. The highest BCUT2D eigenvalue weighted by atomic mass is 16.5. The summed E-state index contributed by atoms with van der Waals surface area (Å²) in [6, 6.07) is 8.17. The van der Waals surface area contributed by atoms with Gasteiger partial charge in [0.2, 0.25) is 0 Å². The molecule has 1 atom stereocenters. The van der Waals surface area contributed by atoms with Crippen LogP contribution in [0.25, 0.3) is 5.69 Å². The Balaban J connectivity index is 1.56. The number of aromatic amines is 1. The SMILES string of the molecule is CCc1cn[nH]c1C1CCCN(Cc2cc(OC)ccc2-n2cccn2)C1. The van der Waals surface area contributed by atoms with Crippen LogP contribution in [-0.4, -0.2) is 45.1 Å². The zero-order valence-electron chi connectivity index (χ0n) is 16.1. The number of nitrogens with zero attached hydrogens (tertiary/aromatic N) is 4. The van der Waals surface area contributed by atoms with Gasteiger partial charge in [0.1, 0.15) is 5.75 Å². The van der Waals surface area contributed by atoms with Crippen LogP contribution in [0, 0.1) is 0 Å². The van der Waals surface area contributed by atoms with E-state index >= 15 is 0 Å². The van der Waals surface area contributed by atoms with E-state index in [1.807, 2.05) is 35.4 Å². The molecule has 0 aliphatic carbocycles. The van der Waals surface area contributed by atoms with Crippen LogP contribution in [0.4, 0.5) is 0 Å². The number of aryl methyl sites for hydroxylation is 1. The van der Waals surface area contributed by atoms with Crippen LogP contribution in [0.15, 0.2) is 42.9 Å². The summed E-state index contributed by atoms with van der Waals surface area (Å²) in [5.74, 6) is 1.41. The normalized spacial score (nSPS) is 17.9. The monoisotopic (exact) mass is 365 g/mol. The van der Waals surface area contributed by atoms with Gasteiger partial charge in [0.15, 0.2) is 0 Å². The van der Waals surface area contributed by atoms with Crippen molar-refractivity contribution >= 4 is 0 Å². The first-order chi connectivity index (χ1) is 13.3. The van der Waals surface area contributed by atoms with Crippen molar-refractivity contribution in [3.05, 3.63) is 59.7 Å². The Bertz CT molecular complexity index is 871. The third-order valence-electron chi connectivity index (χ3n) is 5.48. The second-order valence-electron chi connectivity index (χ2n) is 7.18. The van der Waals surface area contributed by atoms with Crippen molar-refractivity contribution in [2.75, 3.05) is 20.2 Å². The standard InChI is InChI=1S/C21H27N5O/c1-3-16-13-22-24-21(16)17-6-4-10-25(14-17)15-18-12-19(27-2)7-8-20(18)26-11-5-9-23-26/h5,7-9,11-13,17H,3-4,6,10,14-15H2,1-2H3,(H,22,24). The Morgan fingerprint density at radius 3 is 3.00 bits per heavy atom. The molecule has 1 aromatic carbocycles. The van der Waals surface area contributed by atoms with Gasteiger partial charge in [-0.2, -0.15) is 10.2 Å². The molecule has 1 unspecified atom stereocenters. The Kier molecular flexibility index (Phi) is 5.25. The lowest BCUT2D eigenvalue weighted by molar-refractivity contribution is 0.197. The predicted molar refractivity (Wildman–Crippen MR) is 105 cm³/mol. The fourth-order valence-corrected chi connectivity index (χ4v) is 4.08. The third-order valence-corrected chi connectivity index (χ3v) is 5.48. The average Bonchev–Trinajstić information content (AvgIpc) is 3.40. The molecule has 4 rings (SSSR count). The van der Waals surface area contributed by atoms with Crippen molar-refractivity contribution in [1.82, 2.24) is 24.9 Å². The van der Waals surface area contributed by atoms with Gasteiger partial charge in [0.25, 0.3) is 0 Å². The van der Waals surface area contributed by atoms with Crippen molar-refractivity contribution in [1.29, 1.82) is 0 Å². The number of aromatic nitrogens is 4. The first-order valence-electron chi connectivity index (χ1n) is 9.70. The molecule has 27 heavy (non-hydrogen) atoms. The summed E-state index contributed by atoms with van der Waals surface area (Å²) in [6.45, 7) is 5.24. The molecule has 6 heteroatoms. The van der Waals surface area contributed by atoms with Gasteiger partial charge in [-0.3, -0.25) is 10.00 Å². The molecule has 0 amide bonds. The van der Waals surface area contributed by atoms with E-state index in [9.17, 15) is 0 Å². The molecule has 1 aliphatic rings. The van der Waals surface area contributed by atoms with E-state index in [-0.39, 0.29) is 0 Å². The lowest BCUT2D eigenvalue weighted by Crippen LogP contribution is -2.34. The molecule has 3 heterocycles. The number of nitrogens with one attached hydrogen (secondary N) is 1. The topological polar surface area (TPSA) is 59.0 Å². The lowest BCUT2D eigenvalue weighted by atomic mass is 9.91. The number of benzene rings is 1. The summed E-state index contributed by atoms with van der Waals surface area (Å²) in [5, 5.41) is 11.9. The van der Waals surface area contributed by atoms with Crippen molar-refractivity contribution < 1.29 is 4.74 Å². The van der Waals surface area contributed by atoms with Crippen molar-refractivity contribution in [3.8, 4) is 11.4 Å². The third kappa shape index (κ3) is 3.76. The molecule has 142 valence electrons. The zero-order chi connectivity index (χ0) is 18.6. The molecule has 3 aromatic rings. The highest BCUT2D eigenvalue weighted by Gasteiger charge is 2.25. The summed E-state index contributed by atoms with van der Waals surface area (Å²) in [6.07, 6.45) is 9.23. The fourth-order valence-electron chi connectivity index (χ4n) is 4.08. The molecular weight excluding hydrogens is 338 g/mol. The fraction of sp³-hybridized carbons (Fsp3) is 0.429. The first kappa shape index (κ1) is 17.8. The van der Waals surface area contributed by atoms with E-state index in [1.165, 1.54) is 29.7 Å². The molecular formula is C21H27N5O. The molecule has 2 aromatic heterocycles. The first-order valence-corrected chi connectivity index (χ1v) is 9.70. The molecule has 1 saturated heterocycles. The van der Waals surface area contributed by atoms with Crippen LogP contribution in [0.2, 0.25) is 0 Å². The van der Waals surface area contributed by atoms with Crippen molar-refractivity contribution in [2.24, 2.45) is 0 Å². The number of rotatable bonds is 6. The van der Waals surface area contributed by atoms with E-state index in [1.54, 1.807) is 7.11 Å². The van der Waals surface area contributed by atoms with Gasteiger partial charge in [-0.25, -0.2) is 4.68 Å². The average molecular weight is 365 g/mol. The van der Waals surface area contributed by atoms with E-state index in [2.05, 4.69) is 39.3 Å². The van der Waals surface area contributed by atoms with Crippen LogP contribution in [0.1, 0.15) is 42.5 Å². The van der Waals surface area contributed by atoms with Crippen molar-refractivity contribution in [2.45, 2.75) is 38.6 Å². The second-order valence-corrected chi connectivity index (χ2v) is 7.18. The maximum Gasteiger partial charge on any atom is 0.119 e. The van der Waals surface area contributed by atoms with Gasteiger partial charge < -0.3 is 4.74 Å². The molecule has 1 N–H and O–H groups in total. The Morgan fingerprint density at radius 1 is 1.30 bits per heavy atom. The van der Waals surface area contributed by atoms with E-state index in [0.29, 0.717) is 5.92 Å². The van der Waals surface area contributed by atoms with Gasteiger partial charge in [-0.1, -0.05) is 6.92 Å². The van der Waals surface area contributed by atoms with E-state index in [0.717, 1.165) is 37.5 Å². The maximum atomic E-state index is 5.47. The van der Waals surface area contributed by atoms with E-state index in [4.69, 9.17) is 4.74 Å². The number of ether oxygens (including phenoxy) is 1. The zero-order valence-corrected chi connectivity index (χ0v) is 16.1. The van der Waals surface area contributed by atoms with Crippen LogP contribution < -0.4 is 4.74 Å². The maximum absolute atomic E-state index is 5.47. The van der Waals surface area contributed by atoms with E-state index < -0.39 is 0 Å². The number of hydrogen-bond acceptors (Lipinski definition) is 4. The summed E-state index contributed by atoms with van der Waals surface area (Å²) >= 11 is 0. The van der Waals surface area contributed by atoms with Gasteiger partial charge in [0.05, 0.1) is 19.0 Å². The molecule has 6 nitrogen and oxygen atoms in total. The number of likely N-dealkylation sites (tertiary alicyclic amines) is 1. The number of piperidine rings is 1. The lowest BCUT2D eigenvalue weighted by Gasteiger charge is -2.33. The molecule has 1 fully saturated rings. The molecule has 1 aliphatic heterocycles. The Hall–Kier alpha value is -2.60.